The molecule has 1 saturated carbocycles. The Morgan fingerprint density at radius 3 is 2.12 bits per heavy atom. The number of anilines is 1. The van der Waals surface area contributed by atoms with Gasteiger partial charge in [-0.3, -0.25) is 4.79 Å². The smallest absolute Gasteiger partial charge is 0.224 e. The number of hydrogen-bond acceptors (Lipinski definition) is 4. The van der Waals surface area contributed by atoms with Crippen molar-refractivity contribution >= 4 is 11.6 Å². The maximum absolute atomic E-state index is 12.7. The number of benzene rings is 2. The van der Waals surface area contributed by atoms with Crippen molar-refractivity contribution in [1.82, 2.24) is 4.90 Å². The summed E-state index contributed by atoms with van der Waals surface area (Å²) in [5.41, 5.74) is 2.13. The van der Waals surface area contributed by atoms with Gasteiger partial charge >= 0.3 is 0 Å². The fourth-order valence-electron chi connectivity index (χ4n) is 2.90. The number of rotatable bonds is 9. The fourth-order valence-corrected chi connectivity index (χ4v) is 2.90. The number of nitrogens with one attached hydrogen (secondary N) is 1. The van der Waals surface area contributed by atoms with Crippen LogP contribution in [0.15, 0.2) is 48.5 Å². The van der Waals surface area contributed by atoms with Crippen LogP contribution in [0.25, 0.3) is 0 Å². The fraction of sp³-hybridized carbons (Fsp3) is 0.381. The van der Waals surface area contributed by atoms with Crippen molar-refractivity contribution in [2.75, 3.05) is 26.1 Å². The first-order valence-corrected chi connectivity index (χ1v) is 9.00. The second-order valence-corrected chi connectivity index (χ2v) is 6.51. The first-order valence-electron chi connectivity index (χ1n) is 9.00. The Morgan fingerprint density at radius 1 is 1.00 bits per heavy atom. The lowest BCUT2D eigenvalue weighted by atomic mass is 10.2. The molecule has 0 atom stereocenters. The van der Waals surface area contributed by atoms with Crippen molar-refractivity contribution in [3.63, 3.8) is 0 Å². The summed E-state index contributed by atoms with van der Waals surface area (Å²) >= 11 is 0. The molecule has 5 nitrogen and oxygen atoms in total. The number of carbonyl (C=O) groups excluding carboxylic acids is 1. The number of nitrogens with zero attached hydrogens (tertiary/aromatic N) is 1. The molecule has 0 spiro atoms. The molecule has 0 aromatic heterocycles. The minimum atomic E-state index is 0.198. The van der Waals surface area contributed by atoms with Crippen molar-refractivity contribution in [3.8, 4) is 11.5 Å². The molecular weight excluding hydrogens is 328 g/mol. The molecule has 0 saturated heterocycles. The number of amides is 1. The highest BCUT2D eigenvalue weighted by molar-refractivity contribution is 5.77. The Labute approximate surface area is 154 Å². The first-order chi connectivity index (χ1) is 12.7. The number of ether oxygens (including phenoxy) is 2. The summed E-state index contributed by atoms with van der Waals surface area (Å²) < 4.78 is 10.3. The normalized spacial score (nSPS) is 13.2. The van der Waals surface area contributed by atoms with Crippen molar-refractivity contribution in [1.29, 1.82) is 0 Å². The van der Waals surface area contributed by atoms with Gasteiger partial charge in [0.1, 0.15) is 11.5 Å². The lowest BCUT2D eigenvalue weighted by molar-refractivity contribution is -0.132. The van der Waals surface area contributed by atoms with E-state index in [-0.39, 0.29) is 5.91 Å². The topological polar surface area (TPSA) is 50.8 Å². The minimum Gasteiger partial charge on any atom is -0.497 e. The van der Waals surface area contributed by atoms with E-state index in [2.05, 4.69) is 5.32 Å². The van der Waals surface area contributed by atoms with Crippen LogP contribution >= 0.6 is 0 Å². The number of hydrogen-bond donors (Lipinski definition) is 1. The van der Waals surface area contributed by atoms with Gasteiger partial charge in [0.05, 0.1) is 14.2 Å². The molecule has 3 rings (SSSR count). The van der Waals surface area contributed by atoms with Crippen LogP contribution in [-0.4, -0.2) is 37.6 Å². The monoisotopic (exact) mass is 354 g/mol. The van der Waals surface area contributed by atoms with E-state index in [1.807, 2.05) is 53.4 Å². The van der Waals surface area contributed by atoms with E-state index in [4.69, 9.17) is 9.47 Å². The summed E-state index contributed by atoms with van der Waals surface area (Å²) in [6.07, 6.45) is 2.69. The molecule has 0 heterocycles. The zero-order chi connectivity index (χ0) is 18.4. The van der Waals surface area contributed by atoms with Crippen LogP contribution in [0.4, 0.5) is 5.69 Å². The van der Waals surface area contributed by atoms with Gasteiger partial charge in [0.15, 0.2) is 0 Å². The summed E-state index contributed by atoms with van der Waals surface area (Å²) in [5, 5.41) is 3.30. The zero-order valence-corrected chi connectivity index (χ0v) is 15.4. The Bertz CT molecular complexity index is 709. The van der Waals surface area contributed by atoms with Gasteiger partial charge in [-0.2, -0.15) is 0 Å². The first kappa shape index (κ1) is 18.1. The Kier molecular flexibility index (Phi) is 6.00. The van der Waals surface area contributed by atoms with Gasteiger partial charge in [-0.25, -0.2) is 0 Å². The predicted molar refractivity (Wildman–Crippen MR) is 103 cm³/mol. The van der Waals surface area contributed by atoms with Crippen molar-refractivity contribution in [2.45, 2.75) is 31.8 Å². The Balaban J connectivity index is 1.51. The molecule has 2 aromatic carbocycles. The molecule has 26 heavy (non-hydrogen) atoms. The Hall–Kier alpha value is -2.69. The maximum atomic E-state index is 12.7. The van der Waals surface area contributed by atoms with E-state index < -0.39 is 0 Å². The number of methoxy groups -OCH3 is 2. The van der Waals surface area contributed by atoms with E-state index in [9.17, 15) is 4.79 Å². The molecule has 0 radical (unpaired) electrons. The molecule has 0 bridgehead atoms. The van der Waals surface area contributed by atoms with Gasteiger partial charge < -0.3 is 19.7 Å². The van der Waals surface area contributed by atoms with Crippen LogP contribution in [0.2, 0.25) is 0 Å². The van der Waals surface area contributed by atoms with Gasteiger partial charge in [0.2, 0.25) is 5.91 Å². The summed E-state index contributed by atoms with van der Waals surface area (Å²) in [6, 6.07) is 16.1. The lowest BCUT2D eigenvalue weighted by Gasteiger charge is -2.23. The van der Waals surface area contributed by atoms with Gasteiger partial charge in [-0.05, 0) is 54.8 Å². The molecular formula is C21H26N2O3. The van der Waals surface area contributed by atoms with Crippen LogP contribution in [-0.2, 0) is 11.3 Å². The molecule has 1 aliphatic rings. The third kappa shape index (κ3) is 4.91. The van der Waals surface area contributed by atoms with Crippen LogP contribution in [0, 0.1) is 0 Å². The highest BCUT2D eigenvalue weighted by Crippen LogP contribution is 2.29. The second kappa shape index (κ2) is 8.61. The molecule has 5 heteroatoms. The maximum Gasteiger partial charge on any atom is 0.224 e. The quantitative estimate of drug-likeness (QED) is 0.746. The lowest BCUT2D eigenvalue weighted by Crippen LogP contribution is -2.33. The largest absolute Gasteiger partial charge is 0.497 e. The van der Waals surface area contributed by atoms with E-state index in [0.29, 0.717) is 25.6 Å². The van der Waals surface area contributed by atoms with Crippen LogP contribution in [0.5, 0.6) is 11.5 Å². The van der Waals surface area contributed by atoms with E-state index >= 15 is 0 Å². The average molecular weight is 354 g/mol. The highest BCUT2D eigenvalue weighted by Gasteiger charge is 2.32. The van der Waals surface area contributed by atoms with Crippen LogP contribution < -0.4 is 14.8 Å². The van der Waals surface area contributed by atoms with Crippen molar-refractivity contribution in [3.05, 3.63) is 54.1 Å². The summed E-state index contributed by atoms with van der Waals surface area (Å²) in [6.45, 7) is 1.28. The third-order valence-electron chi connectivity index (χ3n) is 4.58. The van der Waals surface area contributed by atoms with Gasteiger partial charge in [0.25, 0.3) is 0 Å². The molecule has 1 aliphatic carbocycles. The molecule has 1 amide bonds. The standard InChI is InChI=1S/C21H26N2O3/c1-25-19-9-3-16(4-10-19)15-23(18-7-8-18)21(24)13-14-22-17-5-11-20(26-2)12-6-17/h3-6,9-12,18,22H,7-8,13-15H2,1-2H3. The highest BCUT2D eigenvalue weighted by atomic mass is 16.5. The van der Waals surface area contributed by atoms with E-state index in [1.54, 1.807) is 14.2 Å². The molecule has 1 N–H and O–H groups in total. The predicted octanol–water partition coefficient (Wildman–Crippen LogP) is 3.70. The van der Waals surface area contributed by atoms with Gasteiger partial charge in [-0.15, -0.1) is 0 Å². The van der Waals surface area contributed by atoms with Gasteiger partial charge in [-0.1, -0.05) is 12.1 Å². The summed E-state index contributed by atoms with van der Waals surface area (Å²) in [7, 11) is 3.31. The summed E-state index contributed by atoms with van der Waals surface area (Å²) in [5.74, 6) is 1.86. The Morgan fingerprint density at radius 2 is 1.58 bits per heavy atom. The summed E-state index contributed by atoms with van der Waals surface area (Å²) in [4.78, 5) is 14.7. The molecule has 2 aromatic rings. The second-order valence-electron chi connectivity index (χ2n) is 6.51. The molecule has 0 aliphatic heterocycles. The SMILES string of the molecule is COc1ccc(CN(C(=O)CCNc2ccc(OC)cc2)C2CC2)cc1. The molecule has 1 fully saturated rings. The van der Waals surface area contributed by atoms with Gasteiger partial charge in [0, 0.05) is 31.2 Å². The minimum absolute atomic E-state index is 0.198. The van der Waals surface area contributed by atoms with Crippen molar-refractivity contribution < 1.29 is 14.3 Å². The third-order valence-corrected chi connectivity index (χ3v) is 4.58. The van der Waals surface area contributed by atoms with Crippen LogP contribution in [0.3, 0.4) is 0 Å². The van der Waals surface area contributed by atoms with Crippen molar-refractivity contribution in [2.24, 2.45) is 0 Å². The number of carbonyl (C=O) groups is 1. The van der Waals surface area contributed by atoms with E-state index in [0.717, 1.165) is 35.6 Å². The van der Waals surface area contributed by atoms with Crippen LogP contribution in [0.1, 0.15) is 24.8 Å². The molecule has 138 valence electrons. The molecule has 0 unspecified atom stereocenters. The van der Waals surface area contributed by atoms with E-state index in [1.165, 1.54) is 0 Å². The average Bonchev–Trinajstić information content (AvgIpc) is 3.52. The zero-order valence-electron chi connectivity index (χ0n) is 15.4.